The van der Waals surface area contributed by atoms with Gasteiger partial charge in [-0.15, -0.1) is 0 Å². The first-order valence-corrected chi connectivity index (χ1v) is 8.87. The van der Waals surface area contributed by atoms with Gasteiger partial charge >= 0.3 is 11.8 Å². The maximum Gasteiger partial charge on any atom is 0.404 e. The largest absolute Gasteiger partial charge is 0.445 e. The van der Waals surface area contributed by atoms with E-state index in [1.165, 1.54) is 17.1 Å². The number of nitrogens with two attached hydrogens (primary N) is 1. The summed E-state index contributed by atoms with van der Waals surface area (Å²) in [6.07, 6.45) is 1.85. The molecule has 2 aromatic heterocycles. The van der Waals surface area contributed by atoms with Crippen molar-refractivity contribution >= 4 is 22.0 Å². The number of hydrogen-bond donors (Lipinski definition) is 1. The maximum absolute atomic E-state index is 14.8. The predicted octanol–water partition coefficient (Wildman–Crippen LogP) is 2.86. The molecule has 0 bridgehead atoms. The van der Waals surface area contributed by atoms with Crippen molar-refractivity contribution in [3.63, 3.8) is 0 Å². The van der Waals surface area contributed by atoms with Gasteiger partial charge < -0.3 is 10.5 Å². The monoisotopic (exact) mass is 441 g/mol. The molecular weight excluding hydrogens is 421 g/mol. The number of hydrogen-bond acceptors (Lipinski definition) is 5. The molecule has 0 aliphatic rings. The lowest BCUT2D eigenvalue weighted by Crippen LogP contribution is -2.27. The van der Waals surface area contributed by atoms with Crippen LogP contribution in [0.3, 0.4) is 0 Å². The number of amides is 1. The molecular formula is C17H21BrFN5O3. The molecule has 146 valence electrons. The first kappa shape index (κ1) is 20.8. The van der Waals surface area contributed by atoms with Crippen LogP contribution in [0.1, 0.15) is 26.3 Å². The van der Waals surface area contributed by atoms with E-state index >= 15 is 0 Å². The van der Waals surface area contributed by atoms with E-state index < -0.39 is 23.0 Å². The van der Waals surface area contributed by atoms with Gasteiger partial charge in [-0.3, -0.25) is 0 Å². The van der Waals surface area contributed by atoms with Gasteiger partial charge in [0.05, 0.1) is 18.4 Å². The Balaban J connectivity index is 2.41. The van der Waals surface area contributed by atoms with Crippen LogP contribution in [0.25, 0.3) is 5.69 Å². The van der Waals surface area contributed by atoms with Gasteiger partial charge in [-0.2, -0.15) is 5.10 Å². The summed E-state index contributed by atoms with van der Waals surface area (Å²) in [7, 11) is 0. The minimum Gasteiger partial charge on any atom is -0.445 e. The van der Waals surface area contributed by atoms with E-state index in [0.717, 1.165) is 10.2 Å². The van der Waals surface area contributed by atoms with Gasteiger partial charge in [-0.25, -0.2) is 28.2 Å². The summed E-state index contributed by atoms with van der Waals surface area (Å²) in [6, 6.07) is 1.77. The lowest BCUT2D eigenvalue weighted by molar-refractivity contribution is 0.163. The normalized spacial score (nSPS) is 12.7. The summed E-state index contributed by atoms with van der Waals surface area (Å²) in [5.74, 6) is -0.494. The number of nitrogens with zero attached hydrogens (tertiary/aromatic N) is 4. The van der Waals surface area contributed by atoms with Crippen molar-refractivity contribution in [2.24, 2.45) is 11.1 Å². The summed E-state index contributed by atoms with van der Waals surface area (Å²) in [5.41, 5.74) is 5.16. The van der Waals surface area contributed by atoms with Crippen LogP contribution in [0.4, 0.5) is 9.18 Å². The predicted molar refractivity (Wildman–Crippen MR) is 101 cm³/mol. The highest BCUT2D eigenvalue weighted by Crippen LogP contribution is 2.29. The molecule has 27 heavy (non-hydrogen) atoms. The Morgan fingerprint density at radius 2 is 2.07 bits per heavy atom. The van der Waals surface area contributed by atoms with Gasteiger partial charge in [0.1, 0.15) is 23.4 Å². The van der Waals surface area contributed by atoms with Gasteiger partial charge in [0.15, 0.2) is 0 Å². The van der Waals surface area contributed by atoms with E-state index in [1.807, 2.05) is 6.92 Å². The molecule has 0 fully saturated rings. The minimum atomic E-state index is -1.02. The second-order valence-electron chi connectivity index (χ2n) is 7.01. The standard InChI is InChI=1S/C17H21BrFN5O3/c1-10-5-13(18)21-6-12(10)23-9-22-24(16(23)26)7-11(8-27-15(20)25)14(19)17(2,3)4/h5-6,9H,7-8H2,1-4H3,(H2,20,25)/b14-11+. The first-order valence-electron chi connectivity index (χ1n) is 8.08. The van der Waals surface area contributed by atoms with Crippen molar-refractivity contribution in [1.29, 1.82) is 0 Å². The van der Waals surface area contributed by atoms with Gasteiger partial charge in [0, 0.05) is 11.0 Å². The van der Waals surface area contributed by atoms with Crippen molar-refractivity contribution in [3.8, 4) is 5.69 Å². The van der Waals surface area contributed by atoms with E-state index in [-0.39, 0.29) is 18.7 Å². The number of halogens is 2. The molecule has 0 atom stereocenters. The third-order valence-electron chi connectivity index (χ3n) is 3.74. The number of carbonyl (C=O) groups excluding carboxylic acids is 1. The van der Waals surface area contributed by atoms with Crippen LogP contribution in [0, 0.1) is 12.3 Å². The molecule has 10 heteroatoms. The van der Waals surface area contributed by atoms with Gasteiger partial charge in [0.2, 0.25) is 0 Å². The lowest BCUT2D eigenvalue weighted by atomic mass is 9.92. The second-order valence-corrected chi connectivity index (χ2v) is 7.82. The van der Waals surface area contributed by atoms with E-state index in [9.17, 15) is 14.0 Å². The summed E-state index contributed by atoms with van der Waals surface area (Å²) < 4.78 is 22.5. The van der Waals surface area contributed by atoms with Crippen molar-refractivity contribution in [2.75, 3.05) is 6.61 Å². The third kappa shape index (κ3) is 5.03. The van der Waals surface area contributed by atoms with E-state index in [4.69, 9.17) is 10.5 Å². The molecule has 0 saturated heterocycles. The van der Waals surface area contributed by atoms with Crippen molar-refractivity contribution < 1.29 is 13.9 Å². The molecule has 0 radical (unpaired) electrons. The number of aryl methyl sites for hydroxylation is 1. The molecule has 2 rings (SSSR count). The first-order chi connectivity index (χ1) is 12.5. The smallest absolute Gasteiger partial charge is 0.404 e. The quantitative estimate of drug-likeness (QED) is 0.717. The van der Waals surface area contributed by atoms with Crippen molar-refractivity contribution in [2.45, 2.75) is 34.2 Å². The average Bonchev–Trinajstić information content (AvgIpc) is 2.90. The van der Waals surface area contributed by atoms with Gasteiger partial charge in [-0.1, -0.05) is 20.8 Å². The molecule has 8 nitrogen and oxygen atoms in total. The molecule has 0 aromatic carbocycles. The van der Waals surface area contributed by atoms with Crippen LogP contribution in [-0.4, -0.2) is 32.0 Å². The zero-order chi connectivity index (χ0) is 20.4. The highest BCUT2D eigenvalue weighted by atomic mass is 79.9. The highest BCUT2D eigenvalue weighted by molar-refractivity contribution is 9.10. The topological polar surface area (TPSA) is 105 Å². The number of ether oxygens (including phenoxy) is 1. The summed E-state index contributed by atoms with van der Waals surface area (Å²) in [6.45, 7) is 6.30. The Morgan fingerprint density at radius 1 is 1.41 bits per heavy atom. The van der Waals surface area contributed by atoms with Crippen molar-refractivity contribution in [1.82, 2.24) is 19.3 Å². The van der Waals surface area contributed by atoms with E-state index in [0.29, 0.717) is 10.3 Å². The Bertz CT molecular complexity index is 943. The van der Waals surface area contributed by atoms with Crippen LogP contribution >= 0.6 is 15.9 Å². The van der Waals surface area contributed by atoms with Gasteiger partial charge in [-0.05, 0) is 34.5 Å². The molecule has 2 heterocycles. The fourth-order valence-corrected chi connectivity index (χ4v) is 2.87. The fraction of sp³-hybridized carbons (Fsp3) is 0.412. The molecule has 2 aromatic rings. The summed E-state index contributed by atoms with van der Waals surface area (Å²) >= 11 is 3.27. The molecule has 0 spiro atoms. The van der Waals surface area contributed by atoms with Crippen LogP contribution in [-0.2, 0) is 11.3 Å². The number of carbonyl (C=O) groups is 1. The summed E-state index contributed by atoms with van der Waals surface area (Å²) in [5, 5.41) is 4.04. The SMILES string of the molecule is Cc1cc(Br)ncc1-n1cnn(C/C(COC(N)=O)=C(\F)C(C)(C)C)c1=O. The Morgan fingerprint density at radius 3 is 2.63 bits per heavy atom. The zero-order valence-corrected chi connectivity index (χ0v) is 17.1. The van der Waals surface area contributed by atoms with E-state index in [2.05, 4.69) is 26.0 Å². The number of aromatic nitrogens is 4. The fourth-order valence-electron chi connectivity index (χ4n) is 2.43. The second kappa shape index (κ2) is 8.03. The molecule has 0 saturated carbocycles. The summed E-state index contributed by atoms with van der Waals surface area (Å²) in [4.78, 5) is 27.7. The Hall–Kier alpha value is -2.49. The minimum absolute atomic E-state index is 0.110. The highest BCUT2D eigenvalue weighted by Gasteiger charge is 2.23. The van der Waals surface area contributed by atoms with Crippen LogP contribution < -0.4 is 11.4 Å². The van der Waals surface area contributed by atoms with E-state index in [1.54, 1.807) is 26.8 Å². The Labute approximate surface area is 164 Å². The number of pyridine rings is 1. The molecule has 2 N–H and O–H groups in total. The van der Waals surface area contributed by atoms with Crippen LogP contribution in [0.15, 0.2) is 39.4 Å². The number of primary amides is 1. The third-order valence-corrected chi connectivity index (χ3v) is 4.17. The molecule has 0 unspecified atom stereocenters. The van der Waals surface area contributed by atoms with Gasteiger partial charge in [0.25, 0.3) is 0 Å². The number of allylic oxidation sites excluding steroid dienone is 1. The van der Waals surface area contributed by atoms with Crippen molar-refractivity contribution in [3.05, 3.63) is 50.6 Å². The zero-order valence-electron chi connectivity index (χ0n) is 15.5. The Kier molecular flexibility index (Phi) is 6.19. The molecule has 0 aliphatic heterocycles. The van der Waals surface area contributed by atoms with Crippen LogP contribution in [0.5, 0.6) is 0 Å². The lowest BCUT2D eigenvalue weighted by Gasteiger charge is -2.20. The maximum atomic E-state index is 14.8. The van der Waals surface area contributed by atoms with Crippen LogP contribution in [0.2, 0.25) is 0 Å². The number of rotatable bonds is 5. The molecule has 0 aliphatic carbocycles. The molecule has 1 amide bonds. The average molecular weight is 442 g/mol.